The lowest BCUT2D eigenvalue weighted by Gasteiger charge is -2.19. The van der Waals surface area contributed by atoms with Crippen molar-refractivity contribution >= 4 is 44.4 Å². The van der Waals surface area contributed by atoms with E-state index in [-0.39, 0.29) is 17.9 Å². The van der Waals surface area contributed by atoms with Crippen LogP contribution in [0.3, 0.4) is 0 Å². The fraction of sp³-hybridized carbons (Fsp3) is 0.400. The van der Waals surface area contributed by atoms with Crippen molar-refractivity contribution in [3.8, 4) is 0 Å². The smallest absolute Gasteiger partial charge is 0.265 e. The van der Waals surface area contributed by atoms with Gasteiger partial charge >= 0.3 is 0 Å². The average Bonchev–Trinajstić information content (AvgIpc) is 3.50. The molecule has 8 nitrogen and oxygen atoms in total. The van der Waals surface area contributed by atoms with Crippen molar-refractivity contribution < 1.29 is 9.59 Å². The molecule has 2 unspecified atom stereocenters. The van der Waals surface area contributed by atoms with E-state index < -0.39 is 0 Å². The highest BCUT2D eigenvalue weighted by Crippen LogP contribution is 2.39. The van der Waals surface area contributed by atoms with E-state index in [1.807, 2.05) is 39.2 Å². The number of rotatable bonds is 3. The Morgan fingerprint density at radius 3 is 2.53 bits per heavy atom. The van der Waals surface area contributed by atoms with E-state index in [0.29, 0.717) is 11.8 Å². The molecule has 30 heavy (non-hydrogen) atoms. The number of nitrogens with zero attached hydrogens (tertiary/aromatic N) is 5. The third kappa shape index (κ3) is 2.78. The highest BCUT2D eigenvalue weighted by Gasteiger charge is 2.43. The normalized spacial score (nSPS) is 23.5. The molecule has 0 spiro atoms. The van der Waals surface area contributed by atoms with Gasteiger partial charge in [-0.3, -0.25) is 18.4 Å². The number of hydrogen-bond donors (Lipinski definition) is 1. The van der Waals surface area contributed by atoms with E-state index in [1.54, 1.807) is 12.4 Å². The minimum absolute atomic E-state index is 0.0113. The number of carbonyl (C=O) groups excluding carboxylic acids is 2. The van der Waals surface area contributed by atoms with Crippen LogP contribution in [0.5, 0.6) is 0 Å². The zero-order valence-electron chi connectivity index (χ0n) is 16.3. The Kier molecular flexibility index (Phi) is 4.00. The van der Waals surface area contributed by atoms with Crippen molar-refractivity contribution in [2.24, 2.45) is 11.8 Å². The van der Waals surface area contributed by atoms with Crippen LogP contribution in [0.1, 0.15) is 37.9 Å². The molecule has 2 fully saturated rings. The first-order chi connectivity index (χ1) is 14.6. The highest BCUT2D eigenvalue weighted by atomic mass is 32.1. The number of thiazole rings is 2. The van der Waals surface area contributed by atoms with E-state index >= 15 is 0 Å². The molecule has 1 aliphatic heterocycles. The summed E-state index contributed by atoms with van der Waals surface area (Å²) >= 11 is 2.86. The number of imidazole rings is 2. The van der Waals surface area contributed by atoms with E-state index in [2.05, 4.69) is 15.3 Å². The first-order valence-corrected chi connectivity index (χ1v) is 11.6. The molecule has 1 N–H and O–H groups in total. The number of aryl methyl sites for hydroxylation is 1. The third-order valence-corrected chi connectivity index (χ3v) is 8.54. The van der Waals surface area contributed by atoms with E-state index in [1.165, 1.54) is 22.7 Å². The SMILES string of the molecule is Cc1c(C(=O)NC2CC3CN(C(=O)c4cn5ccnc5s4)CC3C2)sc2nccn12. The lowest BCUT2D eigenvalue weighted by Crippen LogP contribution is -2.35. The Labute approximate surface area is 180 Å². The molecule has 0 aromatic carbocycles. The Hall–Kier alpha value is -2.72. The summed E-state index contributed by atoms with van der Waals surface area (Å²) < 4.78 is 3.85. The summed E-state index contributed by atoms with van der Waals surface area (Å²) in [6, 6.07) is 0.170. The molecule has 1 aliphatic carbocycles. The van der Waals surface area contributed by atoms with Crippen molar-refractivity contribution in [2.45, 2.75) is 25.8 Å². The van der Waals surface area contributed by atoms with Gasteiger partial charge in [-0.15, -0.1) is 0 Å². The standard InChI is InChI=1S/C20H20N6O2S2/c1-11-16(30-20-22-3-5-26(11)20)17(27)23-14-6-12-8-25(9-13(12)7-14)18(28)15-10-24-4-2-21-19(24)29-15/h2-5,10,12-14H,6-9H2,1H3,(H,23,27). The number of likely N-dealkylation sites (tertiary alicyclic amines) is 1. The van der Waals surface area contributed by atoms with Crippen LogP contribution < -0.4 is 5.32 Å². The zero-order chi connectivity index (χ0) is 20.4. The Bertz CT molecular complexity index is 1240. The van der Waals surface area contributed by atoms with E-state index in [4.69, 9.17) is 0 Å². The summed E-state index contributed by atoms with van der Waals surface area (Å²) in [4.78, 5) is 39.4. The summed E-state index contributed by atoms with van der Waals surface area (Å²) in [5.41, 5.74) is 0.933. The second-order valence-electron chi connectivity index (χ2n) is 8.18. The summed E-state index contributed by atoms with van der Waals surface area (Å²) in [6.07, 6.45) is 11.0. The molecular formula is C20H20N6O2S2. The van der Waals surface area contributed by atoms with Crippen LogP contribution in [-0.4, -0.2) is 54.6 Å². The second kappa shape index (κ2) is 6.64. The molecule has 6 rings (SSSR count). The van der Waals surface area contributed by atoms with Crippen LogP contribution in [0.4, 0.5) is 0 Å². The summed E-state index contributed by atoms with van der Waals surface area (Å²) in [5, 5.41) is 3.22. The molecule has 5 heterocycles. The van der Waals surface area contributed by atoms with Crippen LogP contribution >= 0.6 is 22.7 Å². The molecule has 0 bridgehead atoms. The molecule has 1 saturated carbocycles. The number of hydrogen-bond acceptors (Lipinski definition) is 6. The van der Waals surface area contributed by atoms with Crippen LogP contribution in [0, 0.1) is 18.8 Å². The molecule has 4 aromatic heterocycles. The van der Waals surface area contributed by atoms with Gasteiger partial charge in [0.2, 0.25) is 0 Å². The minimum Gasteiger partial charge on any atom is -0.349 e. The molecule has 2 amide bonds. The van der Waals surface area contributed by atoms with Crippen LogP contribution in [0.2, 0.25) is 0 Å². The first kappa shape index (κ1) is 18.1. The predicted octanol–water partition coefficient (Wildman–Crippen LogP) is 2.69. The molecule has 0 radical (unpaired) electrons. The Morgan fingerprint density at radius 2 is 1.80 bits per heavy atom. The maximum atomic E-state index is 12.9. The van der Waals surface area contributed by atoms with Gasteiger partial charge in [-0.25, -0.2) is 9.97 Å². The number of aromatic nitrogens is 4. The summed E-state index contributed by atoms with van der Waals surface area (Å²) in [7, 11) is 0. The molecule has 4 aromatic rings. The lowest BCUT2D eigenvalue weighted by atomic mass is 10.0. The average molecular weight is 441 g/mol. The number of nitrogens with one attached hydrogen (secondary N) is 1. The van der Waals surface area contributed by atoms with Gasteiger partial charge in [0.15, 0.2) is 9.92 Å². The van der Waals surface area contributed by atoms with Crippen molar-refractivity contribution in [2.75, 3.05) is 13.1 Å². The van der Waals surface area contributed by atoms with Gasteiger partial charge in [-0.05, 0) is 31.6 Å². The Morgan fingerprint density at radius 1 is 1.07 bits per heavy atom. The predicted molar refractivity (Wildman–Crippen MR) is 114 cm³/mol. The second-order valence-corrected chi connectivity index (χ2v) is 10.2. The molecule has 2 atom stereocenters. The van der Waals surface area contributed by atoms with Gasteiger partial charge in [-0.1, -0.05) is 22.7 Å². The monoisotopic (exact) mass is 440 g/mol. The topological polar surface area (TPSA) is 84.0 Å². The maximum absolute atomic E-state index is 12.9. The van der Waals surface area contributed by atoms with Gasteiger partial charge in [0.1, 0.15) is 9.75 Å². The largest absolute Gasteiger partial charge is 0.349 e. The fourth-order valence-corrected chi connectivity index (χ4v) is 6.82. The number of amides is 2. The lowest BCUT2D eigenvalue weighted by molar-refractivity contribution is 0.0779. The molecular weight excluding hydrogens is 420 g/mol. The molecule has 10 heteroatoms. The van der Waals surface area contributed by atoms with Crippen LogP contribution in [0.25, 0.3) is 9.92 Å². The highest BCUT2D eigenvalue weighted by molar-refractivity contribution is 7.19. The molecule has 1 saturated heterocycles. The third-order valence-electron chi connectivity index (χ3n) is 6.37. The van der Waals surface area contributed by atoms with E-state index in [0.717, 1.165) is 51.3 Å². The quantitative estimate of drug-likeness (QED) is 0.531. The van der Waals surface area contributed by atoms with Gasteiger partial charge in [0.25, 0.3) is 11.8 Å². The van der Waals surface area contributed by atoms with Crippen LogP contribution in [-0.2, 0) is 0 Å². The van der Waals surface area contributed by atoms with E-state index in [9.17, 15) is 9.59 Å². The number of carbonyl (C=O) groups is 2. The first-order valence-electron chi connectivity index (χ1n) is 10.0. The summed E-state index contributed by atoms with van der Waals surface area (Å²) in [5.74, 6) is 0.982. The molecule has 2 aliphatic rings. The van der Waals surface area contributed by atoms with Crippen LogP contribution in [0.15, 0.2) is 31.0 Å². The van der Waals surface area contributed by atoms with Gasteiger partial charge in [-0.2, -0.15) is 0 Å². The summed E-state index contributed by atoms with van der Waals surface area (Å²) in [6.45, 7) is 3.48. The minimum atomic E-state index is -0.0113. The van der Waals surface area contributed by atoms with Gasteiger partial charge < -0.3 is 10.2 Å². The fourth-order valence-electron chi connectivity index (χ4n) is 4.92. The number of fused-ring (bicyclic) bond motifs is 3. The Balaban J connectivity index is 1.10. The van der Waals surface area contributed by atoms with Crippen molar-refractivity contribution in [1.29, 1.82) is 0 Å². The van der Waals surface area contributed by atoms with Crippen molar-refractivity contribution in [1.82, 2.24) is 29.0 Å². The van der Waals surface area contributed by atoms with Gasteiger partial charge in [0, 0.05) is 55.8 Å². The molecule has 154 valence electrons. The van der Waals surface area contributed by atoms with Crippen molar-refractivity contribution in [3.63, 3.8) is 0 Å². The zero-order valence-corrected chi connectivity index (χ0v) is 17.9. The maximum Gasteiger partial charge on any atom is 0.265 e. The van der Waals surface area contributed by atoms with Crippen molar-refractivity contribution in [3.05, 3.63) is 46.4 Å². The van der Waals surface area contributed by atoms with Gasteiger partial charge in [0.05, 0.1) is 0 Å².